The van der Waals surface area contributed by atoms with Crippen LogP contribution in [-0.2, 0) is 11.3 Å². The van der Waals surface area contributed by atoms with E-state index in [0.29, 0.717) is 5.04 Å². The highest BCUT2D eigenvalue weighted by molar-refractivity contribution is 6.80. The van der Waals surface area contributed by atoms with E-state index >= 15 is 0 Å². The van der Waals surface area contributed by atoms with Gasteiger partial charge in [-0.15, -0.1) is 0 Å². The fraction of sp³-hybridized carbons (Fsp3) is 0.545. The smallest absolute Gasteiger partial charge is 0.0716 e. The molecule has 132 valence electrons. The zero-order chi connectivity index (χ0) is 18.0. The van der Waals surface area contributed by atoms with E-state index in [1.54, 1.807) is 22.3 Å². The van der Waals surface area contributed by atoms with E-state index in [9.17, 15) is 0 Å². The second-order valence-electron chi connectivity index (χ2n) is 8.37. The van der Waals surface area contributed by atoms with Crippen LogP contribution in [0.2, 0.25) is 24.7 Å². The molecule has 0 amide bonds. The van der Waals surface area contributed by atoms with Gasteiger partial charge < -0.3 is 4.74 Å². The van der Waals surface area contributed by atoms with Crippen molar-refractivity contribution in [3.05, 3.63) is 58.2 Å². The zero-order valence-corrected chi connectivity index (χ0v) is 17.6. The third kappa shape index (κ3) is 3.60. The first-order chi connectivity index (χ1) is 11.2. The maximum Gasteiger partial charge on any atom is 0.0716 e. The second kappa shape index (κ2) is 7.41. The molecule has 2 heteroatoms. The summed E-state index contributed by atoms with van der Waals surface area (Å²) in [5.41, 5.74) is 7.63. The van der Waals surface area contributed by atoms with E-state index in [-0.39, 0.29) is 0 Å². The van der Waals surface area contributed by atoms with E-state index in [1.807, 2.05) is 6.07 Å². The van der Waals surface area contributed by atoms with Crippen LogP contribution in [0.4, 0.5) is 0 Å². The predicted molar refractivity (Wildman–Crippen MR) is 108 cm³/mol. The van der Waals surface area contributed by atoms with Gasteiger partial charge in [-0.1, -0.05) is 68.0 Å². The lowest BCUT2D eigenvalue weighted by Gasteiger charge is -2.41. The lowest BCUT2D eigenvalue weighted by atomic mass is 9.97. The first-order valence-corrected chi connectivity index (χ1v) is 12.7. The molecule has 0 radical (unpaired) electrons. The van der Waals surface area contributed by atoms with Crippen molar-refractivity contribution in [2.24, 2.45) is 0 Å². The molecule has 0 heterocycles. The monoisotopic (exact) mass is 342 g/mol. The topological polar surface area (TPSA) is 9.23 Å². The molecule has 24 heavy (non-hydrogen) atoms. The lowest BCUT2D eigenvalue weighted by Crippen LogP contribution is -2.38. The molecule has 0 bridgehead atoms. The van der Waals surface area contributed by atoms with Gasteiger partial charge in [-0.2, -0.15) is 0 Å². The Bertz CT molecular complexity index is 634. The van der Waals surface area contributed by atoms with Gasteiger partial charge in [-0.25, -0.2) is 0 Å². The van der Waals surface area contributed by atoms with Crippen molar-refractivity contribution in [2.45, 2.75) is 71.8 Å². The Hall–Kier alpha value is -1.12. The molecular formula is C22H34OSi. The minimum Gasteiger partial charge on any atom is -0.377 e. The predicted octanol–water partition coefficient (Wildman–Crippen LogP) is 6.75. The summed E-state index contributed by atoms with van der Waals surface area (Å²) in [6, 6.07) is 10.4. The molecule has 0 fully saturated rings. The summed E-state index contributed by atoms with van der Waals surface area (Å²) in [6.07, 6.45) is 2.25. The quantitative estimate of drug-likeness (QED) is 0.393. The minimum absolute atomic E-state index is 0.317. The van der Waals surface area contributed by atoms with Crippen molar-refractivity contribution in [1.82, 2.24) is 0 Å². The van der Waals surface area contributed by atoms with Crippen LogP contribution in [0.1, 0.15) is 46.1 Å². The Morgan fingerprint density at radius 3 is 2.12 bits per heavy atom. The molecule has 1 aliphatic carbocycles. The molecule has 0 saturated carbocycles. The van der Waals surface area contributed by atoms with Crippen LogP contribution in [-0.4, -0.2) is 14.7 Å². The SMILES string of the molecule is CC1=C(C)C(C)([Si](C)(C)C)C(C)=C1CCCOCc1ccccc1. The fourth-order valence-corrected chi connectivity index (χ4v) is 6.67. The molecular weight excluding hydrogens is 308 g/mol. The number of hydrogen-bond donors (Lipinski definition) is 0. The van der Waals surface area contributed by atoms with Gasteiger partial charge in [0.15, 0.2) is 0 Å². The number of rotatable bonds is 7. The first-order valence-electron chi connectivity index (χ1n) is 9.20. The van der Waals surface area contributed by atoms with Crippen LogP contribution in [0, 0.1) is 0 Å². The van der Waals surface area contributed by atoms with Crippen molar-refractivity contribution < 1.29 is 4.74 Å². The van der Waals surface area contributed by atoms with Gasteiger partial charge >= 0.3 is 0 Å². The molecule has 1 atom stereocenters. The van der Waals surface area contributed by atoms with Crippen LogP contribution in [0.3, 0.4) is 0 Å². The summed E-state index contributed by atoms with van der Waals surface area (Å²) in [5, 5.41) is 0.317. The van der Waals surface area contributed by atoms with Gasteiger partial charge in [0, 0.05) is 11.6 Å². The van der Waals surface area contributed by atoms with Crippen LogP contribution >= 0.6 is 0 Å². The fourth-order valence-electron chi connectivity index (χ4n) is 4.08. The Morgan fingerprint density at radius 2 is 1.58 bits per heavy atom. The second-order valence-corrected chi connectivity index (χ2v) is 13.9. The van der Waals surface area contributed by atoms with Crippen molar-refractivity contribution >= 4 is 8.07 Å². The summed E-state index contributed by atoms with van der Waals surface area (Å²) in [4.78, 5) is 0. The van der Waals surface area contributed by atoms with E-state index in [0.717, 1.165) is 26.1 Å². The Labute approximate surface area is 149 Å². The van der Waals surface area contributed by atoms with Crippen molar-refractivity contribution in [2.75, 3.05) is 6.61 Å². The normalized spacial score (nSPS) is 21.8. The van der Waals surface area contributed by atoms with Crippen LogP contribution in [0.5, 0.6) is 0 Å². The van der Waals surface area contributed by atoms with Gasteiger partial charge in [0.25, 0.3) is 0 Å². The molecule has 0 saturated heterocycles. The minimum atomic E-state index is -1.30. The van der Waals surface area contributed by atoms with Crippen molar-refractivity contribution in [3.8, 4) is 0 Å². The maximum absolute atomic E-state index is 5.87. The molecule has 0 aromatic heterocycles. The van der Waals surface area contributed by atoms with Gasteiger partial charge in [0.05, 0.1) is 14.7 Å². The summed E-state index contributed by atoms with van der Waals surface area (Å²) in [7, 11) is -1.30. The first kappa shape index (κ1) is 19.2. The molecule has 1 unspecified atom stereocenters. The van der Waals surface area contributed by atoms with E-state index in [2.05, 4.69) is 71.6 Å². The van der Waals surface area contributed by atoms with Crippen molar-refractivity contribution in [1.29, 1.82) is 0 Å². The summed E-state index contributed by atoms with van der Waals surface area (Å²) in [5.74, 6) is 0. The van der Waals surface area contributed by atoms with Gasteiger partial charge in [-0.3, -0.25) is 0 Å². The summed E-state index contributed by atoms with van der Waals surface area (Å²) in [6.45, 7) is 18.6. The maximum atomic E-state index is 5.87. The third-order valence-electron chi connectivity index (χ3n) is 6.29. The Morgan fingerprint density at radius 1 is 0.958 bits per heavy atom. The Kier molecular flexibility index (Phi) is 5.93. The van der Waals surface area contributed by atoms with Gasteiger partial charge in [0.1, 0.15) is 0 Å². The molecule has 0 aliphatic heterocycles. The Balaban J connectivity index is 1.95. The van der Waals surface area contributed by atoms with E-state index in [4.69, 9.17) is 4.74 Å². The standard InChI is InChI=1S/C22H34OSi/c1-17-18(2)22(4,24(5,6)7)19(3)21(17)14-11-15-23-16-20-12-9-8-10-13-20/h8-10,12-13H,11,14-16H2,1-7H3. The third-order valence-corrected chi connectivity index (χ3v) is 10.0. The molecule has 1 aromatic rings. The summed E-state index contributed by atoms with van der Waals surface area (Å²) < 4.78 is 5.87. The number of allylic oxidation sites excluding steroid dienone is 4. The number of ether oxygens (including phenoxy) is 1. The highest BCUT2D eigenvalue weighted by Crippen LogP contribution is 2.58. The number of hydrogen-bond acceptors (Lipinski definition) is 1. The highest BCUT2D eigenvalue weighted by atomic mass is 28.3. The average Bonchev–Trinajstić information content (AvgIpc) is 2.70. The lowest BCUT2D eigenvalue weighted by molar-refractivity contribution is 0.119. The van der Waals surface area contributed by atoms with Gasteiger partial charge in [-0.05, 0) is 50.3 Å². The molecule has 0 N–H and O–H groups in total. The average molecular weight is 343 g/mol. The molecule has 1 aromatic carbocycles. The van der Waals surface area contributed by atoms with Gasteiger partial charge in [0.2, 0.25) is 0 Å². The molecule has 1 nitrogen and oxygen atoms in total. The van der Waals surface area contributed by atoms with Crippen LogP contribution in [0.25, 0.3) is 0 Å². The zero-order valence-electron chi connectivity index (χ0n) is 16.6. The number of benzene rings is 1. The van der Waals surface area contributed by atoms with E-state index < -0.39 is 8.07 Å². The van der Waals surface area contributed by atoms with E-state index in [1.165, 1.54) is 5.56 Å². The molecule has 1 aliphatic rings. The highest BCUT2D eigenvalue weighted by Gasteiger charge is 2.46. The van der Waals surface area contributed by atoms with Crippen molar-refractivity contribution in [3.63, 3.8) is 0 Å². The van der Waals surface area contributed by atoms with Crippen LogP contribution < -0.4 is 0 Å². The van der Waals surface area contributed by atoms with Crippen LogP contribution in [0.15, 0.2) is 52.6 Å². The molecule has 2 rings (SSSR count). The summed E-state index contributed by atoms with van der Waals surface area (Å²) >= 11 is 0. The largest absolute Gasteiger partial charge is 0.377 e. The molecule has 0 spiro atoms.